The number of hydrogen-bond acceptors (Lipinski definition) is 6. The normalized spacial score (nSPS) is 10.4. The van der Waals surface area contributed by atoms with Crippen LogP contribution in [0.25, 0.3) is 11.3 Å². The number of aromatic nitrogens is 2. The van der Waals surface area contributed by atoms with E-state index < -0.39 is 22.4 Å². The molecule has 26 heavy (non-hydrogen) atoms. The number of nitro benzene ring substituents is 1. The number of hydrogen-bond donors (Lipinski definition) is 0. The van der Waals surface area contributed by atoms with Gasteiger partial charge >= 0.3 is 11.7 Å². The summed E-state index contributed by atoms with van der Waals surface area (Å²) < 4.78 is 18.9. The molecule has 0 saturated heterocycles. The Hall–Kier alpha value is -3.68. The number of rotatable bonds is 4. The van der Waals surface area contributed by atoms with Crippen molar-refractivity contribution >= 4 is 11.7 Å². The highest BCUT2D eigenvalue weighted by atomic mass is 19.1. The summed E-state index contributed by atoms with van der Waals surface area (Å²) >= 11 is 0. The third kappa shape index (κ3) is 3.69. The molecule has 0 amide bonds. The van der Waals surface area contributed by atoms with Gasteiger partial charge in [-0.05, 0) is 36.8 Å². The fourth-order valence-corrected chi connectivity index (χ4v) is 2.17. The lowest BCUT2D eigenvalue weighted by atomic mass is 10.1. The number of nitro groups is 1. The van der Waals surface area contributed by atoms with E-state index in [0.717, 1.165) is 17.7 Å². The number of halogens is 1. The van der Waals surface area contributed by atoms with Gasteiger partial charge in [0.15, 0.2) is 0 Å². The van der Waals surface area contributed by atoms with Crippen LogP contribution in [0.15, 0.2) is 54.9 Å². The maximum atomic E-state index is 13.7. The first-order valence-corrected chi connectivity index (χ1v) is 7.49. The number of carbonyl (C=O) groups excluding carboxylic acids is 1. The van der Waals surface area contributed by atoms with E-state index in [-0.39, 0.29) is 11.4 Å². The number of nitrogens with zero attached hydrogens (tertiary/aromatic N) is 3. The number of pyridine rings is 2. The summed E-state index contributed by atoms with van der Waals surface area (Å²) in [7, 11) is 0. The van der Waals surface area contributed by atoms with E-state index in [2.05, 4.69) is 9.97 Å². The summed E-state index contributed by atoms with van der Waals surface area (Å²) in [5.74, 6) is -1.42. The van der Waals surface area contributed by atoms with Crippen molar-refractivity contribution < 1.29 is 18.8 Å². The molecule has 0 aliphatic rings. The molecule has 0 saturated carbocycles. The van der Waals surface area contributed by atoms with Crippen molar-refractivity contribution in [2.75, 3.05) is 0 Å². The minimum atomic E-state index is -0.955. The van der Waals surface area contributed by atoms with Crippen molar-refractivity contribution in [1.29, 1.82) is 0 Å². The summed E-state index contributed by atoms with van der Waals surface area (Å²) in [5.41, 5.74) is 1.24. The van der Waals surface area contributed by atoms with Crippen LogP contribution in [0.3, 0.4) is 0 Å². The Morgan fingerprint density at radius 3 is 2.50 bits per heavy atom. The fourth-order valence-electron chi connectivity index (χ4n) is 2.17. The molecule has 3 rings (SSSR count). The Labute approximate surface area is 147 Å². The zero-order chi connectivity index (χ0) is 18.7. The van der Waals surface area contributed by atoms with E-state index in [1.807, 2.05) is 6.92 Å². The summed E-state index contributed by atoms with van der Waals surface area (Å²) in [5, 5.41) is 10.7. The Morgan fingerprint density at radius 2 is 1.92 bits per heavy atom. The second kappa shape index (κ2) is 7.06. The first kappa shape index (κ1) is 17.2. The van der Waals surface area contributed by atoms with E-state index >= 15 is 0 Å². The van der Waals surface area contributed by atoms with Crippen molar-refractivity contribution in [2.45, 2.75) is 6.92 Å². The Kier molecular flexibility index (Phi) is 4.66. The molecule has 0 aliphatic carbocycles. The predicted octanol–water partition coefficient (Wildman–Crippen LogP) is 3.72. The molecule has 3 aromatic rings. The van der Waals surface area contributed by atoms with Crippen LogP contribution in [-0.4, -0.2) is 20.9 Å². The first-order chi connectivity index (χ1) is 12.4. The second-order valence-electron chi connectivity index (χ2n) is 5.42. The summed E-state index contributed by atoms with van der Waals surface area (Å²) in [6.45, 7) is 1.86. The summed E-state index contributed by atoms with van der Waals surface area (Å²) in [6, 6.07) is 9.79. The molecule has 2 aromatic heterocycles. The molecule has 8 heteroatoms. The van der Waals surface area contributed by atoms with Gasteiger partial charge in [0.05, 0.1) is 16.2 Å². The van der Waals surface area contributed by atoms with Gasteiger partial charge in [-0.2, -0.15) is 4.39 Å². The maximum Gasteiger partial charge on any atom is 0.346 e. The van der Waals surface area contributed by atoms with E-state index in [1.54, 1.807) is 18.3 Å². The Morgan fingerprint density at radius 1 is 1.12 bits per heavy atom. The van der Waals surface area contributed by atoms with Gasteiger partial charge in [-0.3, -0.25) is 15.1 Å². The molecule has 0 aliphatic heterocycles. The minimum Gasteiger partial charge on any atom is -0.404 e. The smallest absolute Gasteiger partial charge is 0.346 e. The fraction of sp³-hybridized carbons (Fsp3) is 0.0556. The molecular formula is C18H12FN3O4. The average Bonchev–Trinajstić information content (AvgIpc) is 2.63. The van der Waals surface area contributed by atoms with Crippen LogP contribution in [0.4, 0.5) is 10.1 Å². The number of esters is 1. The molecular weight excluding hydrogens is 341 g/mol. The lowest BCUT2D eigenvalue weighted by molar-refractivity contribution is -0.387. The molecule has 0 fully saturated rings. The van der Waals surface area contributed by atoms with Crippen molar-refractivity contribution in [3.63, 3.8) is 0 Å². The highest BCUT2D eigenvalue weighted by Crippen LogP contribution is 2.24. The third-order valence-corrected chi connectivity index (χ3v) is 3.52. The van der Waals surface area contributed by atoms with Crippen molar-refractivity contribution in [1.82, 2.24) is 9.97 Å². The highest BCUT2D eigenvalue weighted by Gasteiger charge is 2.15. The van der Waals surface area contributed by atoms with Crippen LogP contribution in [0.1, 0.15) is 15.9 Å². The van der Waals surface area contributed by atoms with E-state index in [0.29, 0.717) is 11.3 Å². The molecule has 2 heterocycles. The van der Waals surface area contributed by atoms with Crippen LogP contribution in [0, 0.1) is 22.9 Å². The van der Waals surface area contributed by atoms with Gasteiger partial charge in [0, 0.05) is 30.1 Å². The molecule has 0 bridgehead atoms. The molecule has 7 nitrogen and oxygen atoms in total. The van der Waals surface area contributed by atoms with Crippen LogP contribution < -0.4 is 4.74 Å². The van der Waals surface area contributed by atoms with Crippen LogP contribution in [-0.2, 0) is 0 Å². The predicted molar refractivity (Wildman–Crippen MR) is 90.2 cm³/mol. The zero-order valence-corrected chi connectivity index (χ0v) is 13.5. The van der Waals surface area contributed by atoms with E-state index in [9.17, 15) is 19.3 Å². The summed E-state index contributed by atoms with van der Waals surface area (Å²) in [4.78, 5) is 30.0. The van der Waals surface area contributed by atoms with E-state index in [4.69, 9.17) is 4.74 Å². The van der Waals surface area contributed by atoms with E-state index in [1.165, 1.54) is 24.4 Å². The van der Waals surface area contributed by atoms with Gasteiger partial charge in [-0.15, -0.1) is 0 Å². The van der Waals surface area contributed by atoms with Gasteiger partial charge in [0.25, 0.3) is 0 Å². The summed E-state index contributed by atoms with van der Waals surface area (Å²) in [6.07, 6.45) is 2.86. The maximum absolute atomic E-state index is 13.7. The molecule has 0 radical (unpaired) electrons. The topological polar surface area (TPSA) is 95.2 Å². The Balaban J connectivity index is 1.77. The largest absolute Gasteiger partial charge is 0.404 e. The lowest BCUT2D eigenvalue weighted by Crippen LogP contribution is -2.09. The Bertz CT molecular complexity index is 973. The van der Waals surface area contributed by atoms with Crippen molar-refractivity contribution in [2.24, 2.45) is 0 Å². The molecule has 0 N–H and O–H groups in total. The average molecular weight is 353 g/mol. The number of aryl methyl sites for hydroxylation is 1. The van der Waals surface area contributed by atoms with Gasteiger partial charge in [0.2, 0.25) is 11.7 Å². The number of ether oxygens (including phenoxy) is 1. The van der Waals surface area contributed by atoms with Crippen LogP contribution >= 0.6 is 0 Å². The lowest BCUT2D eigenvalue weighted by Gasteiger charge is -2.05. The molecule has 0 spiro atoms. The number of benzene rings is 1. The molecule has 1 aromatic carbocycles. The SMILES string of the molecule is Cc1ccc(OC(=O)c2ccc(-c3ccc([N+](=O)[O-])c(F)c3)nc2)nc1. The standard InChI is InChI=1S/C18H12FN3O4/c1-11-2-7-17(21-9-11)26-18(23)13-3-5-15(20-10-13)12-4-6-16(22(24)25)14(19)8-12/h2-10H,1H3. The first-order valence-electron chi connectivity index (χ1n) is 7.49. The van der Waals surface area contributed by atoms with Crippen molar-refractivity contribution in [3.05, 3.63) is 81.9 Å². The molecule has 0 atom stereocenters. The zero-order valence-electron chi connectivity index (χ0n) is 13.5. The van der Waals surface area contributed by atoms with Gasteiger partial charge in [0.1, 0.15) is 0 Å². The number of carbonyl (C=O) groups is 1. The van der Waals surface area contributed by atoms with Gasteiger partial charge in [-0.25, -0.2) is 9.78 Å². The van der Waals surface area contributed by atoms with Gasteiger partial charge < -0.3 is 4.74 Å². The van der Waals surface area contributed by atoms with Gasteiger partial charge in [-0.1, -0.05) is 6.07 Å². The highest BCUT2D eigenvalue weighted by molar-refractivity contribution is 5.90. The quantitative estimate of drug-likeness (QED) is 0.403. The van der Waals surface area contributed by atoms with Crippen LogP contribution in [0.5, 0.6) is 5.88 Å². The third-order valence-electron chi connectivity index (χ3n) is 3.52. The molecule has 0 unspecified atom stereocenters. The minimum absolute atomic E-state index is 0.169. The van der Waals surface area contributed by atoms with Crippen molar-refractivity contribution in [3.8, 4) is 17.1 Å². The second-order valence-corrected chi connectivity index (χ2v) is 5.42. The van der Waals surface area contributed by atoms with Crippen LogP contribution in [0.2, 0.25) is 0 Å². The monoisotopic (exact) mass is 353 g/mol. The molecule has 130 valence electrons.